The second kappa shape index (κ2) is 32.4. The summed E-state index contributed by atoms with van der Waals surface area (Å²) in [7, 11) is 0. The molecule has 0 atom stereocenters. The molecular formula is C30H52MoN2O10. The number of carbonyl (C=O) groups excluding carboxylic acids is 6. The van der Waals surface area contributed by atoms with Gasteiger partial charge in [-0.15, -0.1) is 0 Å². The van der Waals surface area contributed by atoms with Crippen molar-refractivity contribution in [1.82, 2.24) is 9.80 Å². The summed E-state index contributed by atoms with van der Waals surface area (Å²) in [4.78, 5) is 71.3. The molecule has 0 rings (SSSR count). The maximum atomic E-state index is 12.0. The first kappa shape index (κ1) is 44.9. The summed E-state index contributed by atoms with van der Waals surface area (Å²) in [5, 5.41) is 20.5. The van der Waals surface area contributed by atoms with Crippen LogP contribution < -0.4 is 10.2 Å². The van der Waals surface area contributed by atoms with E-state index < -0.39 is 30.4 Å². The number of hydrogen-bond donors (Lipinski definition) is 0. The van der Waals surface area contributed by atoms with Crippen LogP contribution in [0.5, 0.6) is 0 Å². The Morgan fingerprint density at radius 1 is 0.488 bits per heavy atom. The summed E-state index contributed by atoms with van der Waals surface area (Å²) in [5.74, 6) is -2.95. The molecule has 0 spiro atoms. The average molecular weight is 697 g/mol. The van der Waals surface area contributed by atoms with E-state index in [9.17, 15) is 39.0 Å². The quantitative estimate of drug-likeness (QED) is 0.107. The number of aliphatic carboxylic acids is 2. The van der Waals surface area contributed by atoms with Crippen molar-refractivity contribution in [2.75, 3.05) is 26.2 Å². The molecule has 12 nitrogen and oxygen atoms in total. The number of amides is 2. The molecule has 2 amide bonds. The third-order valence-electron chi connectivity index (χ3n) is 6.20. The molecule has 0 aliphatic carbocycles. The van der Waals surface area contributed by atoms with Crippen LogP contribution >= 0.6 is 0 Å². The summed E-state index contributed by atoms with van der Waals surface area (Å²) < 4.78 is 17.0. The summed E-state index contributed by atoms with van der Waals surface area (Å²) in [6, 6.07) is 0. The van der Waals surface area contributed by atoms with Crippen LogP contribution in [0.1, 0.15) is 130 Å². The van der Waals surface area contributed by atoms with Crippen molar-refractivity contribution in [3.8, 4) is 0 Å². The zero-order valence-corrected chi connectivity index (χ0v) is 28.5. The van der Waals surface area contributed by atoms with Gasteiger partial charge in [0.1, 0.15) is 11.6 Å². The monoisotopic (exact) mass is 698 g/mol. The van der Waals surface area contributed by atoms with Gasteiger partial charge >= 0.3 is 25.3 Å². The molecule has 0 unspecified atom stereocenters. The molecule has 0 N–H and O–H groups in total. The van der Waals surface area contributed by atoms with Crippen LogP contribution in [0.4, 0.5) is 0 Å². The van der Waals surface area contributed by atoms with Gasteiger partial charge in [-0.05, 0) is 51.4 Å². The summed E-state index contributed by atoms with van der Waals surface area (Å²) in [6.45, 7) is 11.0. The third kappa shape index (κ3) is 32.3. The second-order valence-electron chi connectivity index (χ2n) is 10.1. The van der Waals surface area contributed by atoms with Gasteiger partial charge in [0, 0.05) is 51.0 Å². The molecule has 0 bridgehead atoms. The Bertz CT molecular complexity index is 767. The van der Waals surface area contributed by atoms with Crippen molar-refractivity contribution in [3.05, 3.63) is 0 Å². The van der Waals surface area contributed by atoms with Crippen molar-refractivity contribution in [1.29, 1.82) is 0 Å². The van der Waals surface area contributed by atoms with Crippen molar-refractivity contribution >= 4 is 35.3 Å². The minimum absolute atomic E-state index is 0.111. The number of carboxylic acid groups (broad SMARTS) is 2. The van der Waals surface area contributed by atoms with Crippen LogP contribution in [-0.2, 0) is 54.1 Å². The molecule has 13 heteroatoms. The first-order valence-electron chi connectivity index (χ1n) is 15.3. The second-order valence-corrected chi connectivity index (χ2v) is 10.5. The van der Waals surface area contributed by atoms with Gasteiger partial charge in [0.2, 0.25) is 11.8 Å². The first-order chi connectivity index (χ1) is 20.4. The number of Topliss-reactive ketones (excluding diaryl/α,β-unsaturated/α-hetero) is 2. The fourth-order valence-electron chi connectivity index (χ4n) is 3.72. The number of carbonyl (C=O) groups is 6. The average Bonchev–Trinajstić information content (AvgIpc) is 2.93. The fraction of sp³-hybridized carbons (Fsp3) is 0.800. The molecule has 248 valence electrons. The Balaban J connectivity index is -0.000000681. The molecule has 0 fully saturated rings. The van der Waals surface area contributed by atoms with E-state index in [0.29, 0.717) is 26.2 Å². The Morgan fingerprint density at radius 3 is 0.953 bits per heavy atom. The van der Waals surface area contributed by atoms with Gasteiger partial charge in [-0.2, -0.15) is 0 Å². The van der Waals surface area contributed by atoms with Crippen LogP contribution in [0.3, 0.4) is 0 Å². The molecule has 0 saturated carbocycles. The molecule has 0 aromatic rings. The summed E-state index contributed by atoms with van der Waals surface area (Å²) in [6.07, 6.45) is 8.08. The topological polar surface area (TPSA) is 189 Å². The molecule has 0 heterocycles. The number of ketones is 2. The molecular weight excluding hydrogens is 644 g/mol. The summed E-state index contributed by atoms with van der Waals surface area (Å²) >= 11 is -2.03. The maximum absolute atomic E-state index is 12.0. The Labute approximate surface area is 265 Å². The zero-order valence-electron chi connectivity index (χ0n) is 26.5. The number of rotatable bonds is 24. The van der Waals surface area contributed by atoms with Crippen molar-refractivity contribution in [2.45, 2.75) is 130 Å². The van der Waals surface area contributed by atoms with E-state index >= 15 is 0 Å². The number of nitrogens with zero attached hydrogens (tertiary/aromatic N) is 2. The zero-order chi connectivity index (χ0) is 33.5. The van der Waals surface area contributed by atoms with E-state index in [4.69, 9.17) is 6.80 Å². The van der Waals surface area contributed by atoms with E-state index in [1.54, 1.807) is 9.80 Å². The fourth-order valence-corrected chi connectivity index (χ4v) is 3.72. The predicted octanol–water partition coefficient (Wildman–Crippen LogP) is 2.35. The van der Waals surface area contributed by atoms with Gasteiger partial charge in [-0.25, -0.2) is 0 Å². The van der Waals surface area contributed by atoms with E-state index in [-0.39, 0.29) is 74.7 Å². The van der Waals surface area contributed by atoms with Gasteiger partial charge in [0.15, 0.2) is 0 Å². The molecule has 0 aromatic heterocycles. The molecule has 0 radical (unpaired) electrons. The standard InChI is InChI=1S/2C15H27NO4.Mo.2O/c2*1-3-5-10-16(11-6-4-2)14(18)12-13(17)8-7-9-15(19)20;;;/h2*3-12H2,1-2H3,(H,19,20);;;/q;;+2;;/p-2. The van der Waals surface area contributed by atoms with E-state index in [0.717, 1.165) is 51.4 Å². The number of carboxylic acids is 2. The SMILES string of the molecule is CCCCN(CCCC)C(=O)CC(=O)CCCC(=O)[O-].CCCCN(CCCC)C(=O)CC(=O)CCCC(=O)[O-].[O]=[Mo+2]=[O]. The van der Waals surface area contributed by atoms with Crippen LogP contribution in [0.2, 0.25) is 0 Å². The van der Waals surface area contributed by atoms with Crippen molar-refractivity contribution in [2.24, 2.45) is 0 Å². The van der Waals surface area contributed by atoms with Gasteiger partial charge in [0.05, 0.1) is 12.8 Å². The van der Waals surface area contributed by atoms with Gasteiger partial charge in [-0.1, -0.05) is 53.4 Å². The van der Waals surface area contributed by atoms with E-state index in [2.05, 4.69) is 27.7 Å². The summed E-state index contributed by atoms with van der Waals surface area (Å²) in [5.41, 5.74) is 0. The molecule has 43 heavy (non-hydrogen) atoms. The van der Waals surface area contributed by atoms with E-state index in [1.807, 2.05) is 0 Å². The number of unbranched alkanes of at least 4 members (excludes halogenated alkanes) is 4. The number of hydrogen-bond acceptors (Lipinski definition) is 10. The van der Waals surface area contributed by atoms with Crippen molar-refractivity contribution in [3.63, 3.8) is 0 Å². The first-order valence-corrected chi connectivity index (χ1v) is 17.0. The van der Waals surface area contributed by atoms with Crippen molar-refractivity contribution < 1.29 is 64.3 Å². The Hall–Kier alpha value is -2.49. The van der Waals surface area contributed by atoms with E-state index in [1.165, 1.54) is 0 Å². The van der Waals surface area contributed by atoms with Gasteiger partial charge < -0.3 is 29.6 Å². The Morgan fingerprint density at radius 2 is 0.744 bits per heavy atom. The molecule has 0 aromatic carbocycles. The normalized spacial score (nSPS) is 9.77. The Kier molecular flexibility index (Phi) is 33.9. The van der Waals surface area contributed by atoms with Gasteiger partial charge in [0.25, 0.3) is 0 Å². The van der Waals surface area contributed by atoms with Crippen LogP contribution in [0.15, 0.2) is 0 Å². The van der Waals surface area contributed by atoms with Crippen LogP contribution in [0.25, 0.3) is 0 Å². The molecule has 0 aliphatic heterocycles. The minimum atomic E-state index is -2.03. The molecule has 0 saturated heterocycles. The van der Waals surface area contributed by atoms with Crippen LogP contribution in [0, 0.1) is 0 Å². The van der Waals surface area contributed by atoms with Gasteiger partial charge in [-0.3, -0.25) is 19.2 Å². The third-order valence-corrected chi connectivity index (χ3v) is 6.20. The molecule has 0 aliphatic rings. The predicted molar refractivity (Wildman–Crippen MR) is 151 cm³/mol. The van der Waals surface area contributed by atoms with Crippen LogP contribution in [-0.4, -0.2) is 71.3 Å².